The molecule has 1 saturated heterocycles. The molecule has 2 atom stereocenters. The highest BCUT2D eigenvalue weighted by Crippen LogP contribution is 2.21. The molecule has 4 heteroatoms. The van der Waals surface area contributed by atoms with Crippen molar-refractivity contribution in [3.05, 3.63) is 12.7 Å². The largest absolute Gasteiger partial charge is 0.446 e. The fraction of sp³-hybridized carbons (Fsp3) is 0.714. The number of nitrogens with zero attached hydrogens (tertiary/aromatic N) is 1. The van der Waals surface area contributed by atoms with E-state index in [9.17, 15) is 9.59 Å². The van der Waals surface area contributed by atoms with Gasteiger partial charge in [-0.05, 0) is 32.6 Å². The Labute approximate surface area is 109 Å². The summed E-state index contributed by atoms with van der Waals surface area (Å²) in [7, 11) is 0. The van der Waals surface area contributed by atoms with Gasteiger partial charge in [0, 0.05) is 13.0 Å². The van der Waals surface area contributed by atoms with E-state index in [1.54, 1.807) is 11.0 Å². The van der Waals surface area contributed by atoms with E-state index in [2.05, 4.69) is 6.58 Å². The Kier molecular flexibility index (Phi) is 5.89. The highest BCUT2D eigenvalue weighted by molar-refractivity contribution is 5.88. The van der Waals surface area contributed by atoms with Crippen LogP contribution in [0.15, 0.2) is 12.7 Å². The number of amides is 1. The third kappa shape index (κ3) is 3.86. The minimum atomic E-state index is -0.348. The monoisotopic (exact) mass is 253 g/mol. The second-order valence-corrected chi connectivity index (χ2v) is 4.75. The van der Waals surface area contributed by atoms with E-state index in [-0.39, 0.29) is 24.0 Å². The van der Waals surface area contributed by atoms with Crippen LogP contribution in [0.2, 0.25) is 0 Å². The van der Waals surface area contributed by atoms with Crippen LogP contribution >= 0.6 is 0 Å². The highest BCUT2D eigenvalue weighted by atomic mass is 16.6. The van der Waals surface area contributed by atoms with E-state index in [0.717, 1.165) is 19.3 Å². The van der Waals surface area contributed by atoms with Crippen LogP contribution in [0.4, 0.5) is 4.79 Å². The average Bonchev–Trinajstić information content (AvgIpc) is 2.84. The standard InChI is InChI=1S/C14H23NO3/c1-4-6-9-13(16)12-8-7-10-15(12)14(17)18-11(3)5-2/h4,11-12H,1,5-10H2,2-3H3. The maximum absolute atomic E-state index is 12.0. The van der Waals surface area contributed by atoms with Crippen molar-refractivity contribution in [2.24, 2.45) is 0 Å². The van der Waals surface area contributed by atoms with Crippen LogP contribution in [0.1, 0.15) is 46.0 Å². The van der Waals surface area contributed by atoms with Crippen molar-refractivity contribution in [1.29, 1.82) is 0 Å². The van der Waals surface area contributed by atoms with Crippen LogP contribution in [0.3, 0.4) is 0 Å². The fourth-order valence-electron chi connectivity index (χ4n) is 2.05. The normalized spacial score (nSPS) is 20.6. The number of carbonyl (C=O) groups excluding carboxylic acids is 2. The first-order valence-electron chi connectivity index (χ1n) is 6.71. The lowest BCUT2D eigenvalue weighted by Gasteiger charge is -2.24. The number of hydrogen-bond donors (Lipinski definition) is 0. The molecule has 1 amide bonds. The van der Waals surface area contributed by atoms with E-state index in [1.165, 1.54) is 0 Å². The number of allylic oxidation sites excluding steroid dienone is 1. The molecule has 2 unspecified atom stereocenters. The molecule has 1 heterocycles. The van der Waals surface area contributed by atoms with E-state index in [0.29, 0.717) is 19.4 Å². The molecule has 102 valence electrons. The van der Waals surface area contributed by atoms with E-state index in [1.807, 2.05) is 13.8 Å². The molecule has 1 aliphatic heterocycles. The lowest BCUT2D eigenvalue weighted by molar-refractivity contribution is -0.123. The van der Waals surface area contributed by atoms with Gasteiger partial charge in [-0.2, -0.15) is 0 Å². The molecule has 0 spiro atoms. The quantitative estimate of drug-likeness (QED) is 0.684. The van der Waals surface area contributed by atoms with Gasteiger partial charge in [0.15, 0.2) is 5.78 Å². The molecule has 0 radical (unpaired) electrons. The van der Waals surface area contributed by atoms with Crippen LogP contribution in [-0.2, 0) is 9.53 Å². The molecule has 0 saturated carbocycles. The predicted molar refractivity (Wildman–Crippen MR) is 70.4 cm³/mol. The summed E-state index contributed by atoms with van der Waals surface area (Å²) in [5.41, 5.74) is 0. The van der Waals surface area contributed by atoms with Gasteiger partial charge in [-0.15, -0.1) is 6.58 Å². The molecular formula is C14H23NO3. The number of likely N-dealkylation sites (tertiary alicyclic amines) is 1. The van der Waals surface area contributed by atoms with Gasteiger partial charge < -0.3 is 4.74 Å². The van der Waals surface area contributed by atoms with Gasteiger partial charge in [0.25, 0.3) is 0 Å². The van der Waals surface area contributed by atoms with Crippen LogP contribution < -0.4 is 0 Å². The zero-order valence-electron chi connectivity index (χ0n) is 11.4. The molecule has 1 aliphatic rings. The minimum absolute atomic E-state index is 0.0953. The third-order valence-corrected chi connectivity index (χ3v) is 3.33. The first kappa shape index (κ1) is 14.7. The van der Waals surface area contributed by atoms with Gasteiger partial charge in [-0.3, -0.25) is 9.69 Å². The van der Waals surface area contributed by atoms with Crippen LogP contribution in [-0.4, -0.2) is 35.5 Å². The zero-order valence-corrected chi connectivity index (χ0v) is 11.4. The first-order chi connectivity index (χ1) is 8.60. The van der Waals surface area contributed by atoms with Gasteiger partial charge in [0.1, 0.15) is 6.10 Å². The molecule has 1 rings (SSSR count). The number of ether oxygens (including phenoxy) is 1. The van der Waals surface area contributed by atoms with Crippen molar-refractivity contribution < 1.29 is 14.3 Å². The van der Waals surface area contributed by atoms with Crippen molar-refractivity contribution in [3.8, 4) is 0 Å². The molecule has 4 nitrogen and oxygen atoms in total. The lowest BCUT2D eigenvalue weighted by atomic mass is 10.1. The molecule has 0 N–H and O–H groups in total. The summed E-state index contributed by atoms with van der Waals surface area (Å²) in [6, 6.07) is -0.290. The van der Waals surface area contributed by atoms with Gasteiger partial charge in [-0.1, -0.05) is 13.0 Å². The first-order valence-corrected chi connectivity index (χ1v) is 6.71. The number of rotatable bonds is 6. The molecule has 0 aromatic heterocycles. The van der Waals surface area contributed by atoms with E-state index >= 15 is 0 Å². The molecule has 18 heavy (non-hydrogen) atoms. The average molecular weight is 253 g/mol. The summed E-state index contributed by atoms with van der Waals surface area (Å²) in [6.07, 6.45) is 4.83. The lowest BCUT2D eigenvalue weighted by Crippen LogP contribution is -2.41. The SMILES string of the molecule is C=CCCC(=O)C1CCCN1C(=O)OC(C)CC. The molecule has 0 aromatic rings. The number of carbonyl (C=O) groups is 2. The Morgan fingerprint density at radius 2 is 2.28 bits per heavy atom. The Hall–Kier alpha value is -1.32. The van der Waals surface area contributed by atoms with E-state index < -0.39 is 0 Å². The van der Waals surface area contributed by atoms with Gasteiger partial charge in [0.05, 0.1) is 6.04 Å². The zero-order chi connectivity index (χ0) is 13.5. The van der Waals surface area contributed by atoms with Gasteiger partial charge in [-0.25, -0.2) is 4.79 Å². The van der Waals surface area contributed by atoms with Crippen molar-refractivity contribution in [3.63, 3.8) is 0 Å². The summed E-state index contributed by atoms with van der Waals surface area (Å²) < 4.78 is 5.28. The summed E-state index contributed by atoms with van der Waals surface area (Å²) in [5, 5.41) is 0. The Bertz CT molecular complexity index is 314. The van der Waals surface area contributed by atoms with Crippen molar-refractivity contribution in [2.75, 3.05) is 6.54 Å². The van der Waals surface area contributed by atoms with Crippen LogP contribution in [0, 0.1) is 0 Å². The molecule has 0 aliphatic carbocycles. The Morgan fingerprint density at radius 1 is 1.56 bits per heavy atom. The van der Waals surface area contributed by atoms with Gasteiger partial charge >= 0.3 is 6.09 Å². The topological polar surface area (TPSA) is 46.6 Å². The summed E-state index contributed by atoms with van der Waals surface area (Å²) in [4.78, 5) is 25.5. The van der Waals surface area contributed by atoms with E-state index in [4.69, 9.17) is 4.74 Å². The highest BCUT2D eigenvalue weighted by Gasteiger charge is 2.34. The molecule has 0 aromatic carbocycles. The number of Topliss-reactive ketones (excluding diaryl/α,β-unsaturated/α-hetero) is 1. The summed E-state index contributed by atoms with van der Waals surface area (Å²) >= 11 is 0. The minimum Gasteiger partial charge on any atom is -0.446 e. The van der Waals surface area contributed by atoms with Crippen molar-refractivity contribution in [1.82, 2.24) is 4.90 Å². The number of hydrogen-bond acceptors (Lipinski definition) is 3. The number of ketones is 1. The van der Waals surface area contributed by atoms with Gasteiger partial charge in [0.2, 0.25) is 0 Å². The third-order valence-electron chi connectivity index (χ3n) is 3.33. The Morgan fingerprint density at radius 3 is 2.89 bits per heavy atom. The van der Waals surface area contributed by atoms with Crippen LogP contribution in [0.25, 0.3) is 0 Å². The van der Waals surface area contributed by atoms with Crippen molar-refractivity contribution >= 4 is 11.9 Å². The van der Waals surface area contributed by atoms with Crippen LogP contribution in [0.5, 0.6) is 0 Å². The summed E-state index contributed by atoms with van der Waals surface area (Å²) in [5.74, 6) is 0.119. The predicted octanol–water partition coefficient (Wildman–Crippen LogP) is 2.92. The second kappa shape index (κ2) is 7.19. The summed E-state index contributed by atoms with van der Waals surface area (Å²) in [6.45, 7) is 8.06. The maximum Gasteiger partial charge on any atom is 0.410 e. The molecular weight excluding hydrogens is 230 g/mol. The smallest absolute Gasteiger partial charge is 0.410 e. The second-order valence-electron chi connectivity index (χ2n) is 4.75. The molecule has 1 fully saturated rings. The maximum atomic E-state index is 12.0. The Balaban J connectivity index is 2.55. The van der Waals surface area contributed by atoms with Crippen molar-refractivity contribution in [2.45, 2.75) is 58.1 Å². The molecule has 0 bridgehead atoms. The fourth-order valence-corrected chi connectivity index (χ4v) is 2.05.